The second kappa shape index (κ2) is 5.83. The van der Waals surface area contributed by atoms with Gasteiger partial charge in [-0.15, -0.1) is 0 Å². The third kappa shape index (κ3) is 6.69. The molecular weight excluding hydrogens is 185 g/mol. The quantitative estimate of drug-likeness (QED) is 0.766. The van der Waals surface area contributed by atoms with Gasteiger partial charge in [-0.2, -0.15) is 0 Å². The summed E-state index contributed by atoms with van der Waals surface area (Å²) in [5, 5.41) is 2.49. The maximum absolute atomic E-state index is 12.4. The minimum Gasteiger partial charge on any atom is -0.444 e. The zero-order valence-corrected chi connectivity index (χ0v) is 9.39. The number of hydrogen-bond acceptors (Lipinski definition) is 2. The van der Waals surface area contributed by atoms with Gasteiger partial charge in [0.25, 0.3) is 0 Å². The zero-order chi connectivity index (χ0) is 11.2. The predicted molar refractivity (Wildman–Crippen MR) is 54.0 cm³/mol. The molecule has 0 aliphatic rings. The normalized spacial score (nSPS) is 13.5. The number of hydrogen-bond donors (Lipinski definition) is 1. The lowest BCUT2D eigenvalue weighted by atomic mass is 10.2. The fraction of sp³-hybridized carbons (Fsp3) is 0.900. The minimum absolute atomic E-state index is 0.421. The van der Waals surface area contributed by atoms with Gasteiger partial charge in [0.15, 0.2) is 0 Å². The molecule has 0 heterocycles. The number of nitrogens with one attached hydrogen (secondary N) is 1. The lowest BCUT2D eigenvalue weighted by Gasteiger charge is -2.22. The number of alkyl carbamates (subject to hydrolysis) is 1. The van der Waals surface area contributed by atoms with E-state index in [0.29, 0.717) is 6.42 Å². The Labute approximate surface area is 85.0 Å². The molecule has 0 saturated carbocycles. The van der Waals surface area contributed by atoms with Gasteiger partial charge in [0.05, 0.1) is 6.04 Å². The van der Waals surface area contributed by atoms with Crippen LogP contribution in [0.25, 0.3) is 0 Å². The van der Waals surface area contributed by atoms with Crippen LogP contribution in [0.4, 0.5) is 9.18 Å². The lowest BCUT2D eigenvalue weighted by molar-refractivity contribution is 0.0493. The lowest BCUT2D eigenvalue weighted by Crippen LogP contribution is -2.40. The highest BCUT2D eigenvalue weighted by atomic mass is 19.1. The molecule has 0 bridgehead atoms. The summed E-state index contributed by atoms with van der Waals surface area (Å²) in [6, 6.07) is -0.421. The van der Waals surface area contributed by atoms with Crippen molar-refractivity contribution >= 4 is 6.09 Å². The maximum Gasteiger partial charge on any atom is 0.407 e. The van der Waals surface area contributed by atoms with Gasteiger partial charge in [0, 0.05) is 0 Å². The third-order valence-electron chi connectivity index (χ3n) is 1.54. The van der Waals surface area contributed by atoms with E-state index in [9.17, 15) is 9.18 Å². The largest absolute Gasteiger partial charge is 0.444 e. The summed E-state index contributed by atoms with van der Waals surface area (Å²) in [5.41, 5.74) is -0.531. The fourth-order valence-electron chi connectivity index (χ4n) is 1.01. The molecule has 84 valence electrons. The minimum atomic E-state index is -0.549. The summed E-state index contributed by atoms with van der Waals surface area (Å²) in [6.45, 7) is 6.72. The molecule has 1 amide bonds. The summed E-state index contributed by atoms with van der Waals surface area (Å²) < 4.78 is 17.4. The fourth-order valence-corrected chi connectivity index (χ4v) is 1.01. The van der Waals surface area contributed by atoms with Crippen molar-refractivity contribution in [1.82, 2.24) is 5.32 Å². The van der Waals surface area contributed by atoms with Crippen molar-refractivity contribution in [2.45, 2.75) is 52.2 Å². The topological polar surface area (TPSA) is 38.3 Å². The zero-order valence-electron chi connectivity index (χ0n) is 9.39. The standard InChI is InChI=1S/C10H20FNO2/c1-5-6-8(7-11)12-9(13)14-10(2,3)4/h8H,5-7H2,1-4H3,(H,12,13). The van der Waals surface area contributed by atoms with Crippen LogP contribution in [0, 0.1) is 0 Å². The summed E-state index contributed by atoms with van der Waals surface area (Å²) >= 11 is 0. The van der Waals surface area contributed by atoms with Gasteiger partial charge in [-0.3, -0.25) is 0 Å². The molecule has 0 fully saturated rings. The molecule has 0 aliphatic heterocycles. The van der Waals surface area contributed by atoms with Crippen molar-refractivity contribution in [3.05, 3.63) is 0 Å². The van der Waals surface area contributed by atoms with Crippen molar-refractivity contribution in [3.63, 3.8) is 0 Å². The molecule has 0 aromatic rings. The first-order chi connectivity index (χ1) is 6.39. The predicted octanol–water partition coefficient (Wildman–Crippen LogP) is 2.65. The molecule has 0 saturated heterocycles. The van der Waals surface area contributed by atoms with Gasteiger partial charge in [-0.05, 0) is 27.2 Å². The van der Waals surface area contributed by atoms with E-state index in [1.165, 1.54) is 0 Å². The van der Waals surface area contributed by atoms with E-state index < -0.39 is 24.4 Å². The van der Waals surface area contributed by atoms with Crippen LogP contribution in [0.1, 0.15) is 40.5 Å². The molecule has 0 spiro atoms. The second-order valence-corrected chi connectivity index (χ2v) is 4.29. The van der Waals surface area contributed by atoms with Crippen LogP contribution in [0.2, 0.25) is 0 Å². The number of alkyl halides is 1. The van der Waals surface area contributed by atoms with Crippen molar-refractivity contribution in [3.8, 4) is 0 Å². The average Bonchev–Trinajstić information content (AvgIpc) is 2.00. The first kappa shape index (κ1) is 13.2. The monoisotopic (exact) mass is 205 g/mol. The molecule has 0 aromatic carbocycles. The molecule has 4 heteroatoms. The second-order valence-electron chi connectivity index (χ2n) is 4.29. The smallest absolute Gasteiger partial charge is 0.407 e. The summed E-state index contributed by atoms with van der Waals surface area (Å²) in [4.78, 5) is 11.2. The summed E-state index contributed by atoms with van der Waals surface area (Å²) in [7, 11) is 0. The molecule has 0 aromatic heterocycles. The number of ether oxygens (including phenoxy) is 1. The van der Waals surface area contributed by atoms with Crippen molar-refractivity contribution in [1.29, 1.82) is 0 Å². The van der Waals surface area contributed by atoms with Crippen LogP contribution in [0.3, 0.4) is 0 Å². The Morgan fingerprint density at radius 1 is 1.50 bits per heavy atom. The Morgan fingerprint density at radius 3 is 2.43 bits per heavy atom. The molecular formula is C10H20FNO2. The first-order valence-electron chi connectivity index (χ1n) is 4.94. The van der Waals surface area contributed by atoms with Gasteiger partial charge in [0.1, 0.15) is 12.3 Å². The average molecular weight is 205 g/mol. The highest BCUT2D eigenvalue weighted by Crippen LogP contribution is 2.07. The van der Waals surface area contributed by atoms with Crippen LogP contribution in [-0.4, -0.2) is 24.4 Å². The van der Waals surface area contributed by atoms with Gasteiger partial charge in [-0.1, -0.05) is 13.3 Å². The number of carbonyl (C=O) groups excluding carboxylic acids is 1. The summed E-state index contributed by atoms with van der Waals surface area (Å²) in [5.74, 6) is 0. The first-order valence-corrected chi connectivity index (χ1v) is 4.94. The maximum atomic E-state index is 12.4. The van der Waals surface area contributed by atoms with Crippen LogP contribution in [0.15, 0.2) is 0 Å². The molecule has 3 nitrogen and oxygen atoms in total. The third-order valence-corrected chi connectivity index (χ3v) is 1.54. The van der Waals surface area contributed by atoms with Crippen molar-refractivity contribution in [2.75, 3.05) is 6.67 Å². The Bertz CT molecular complexity index is 177. The Morgan fingerprint density at radius 2 is 2.07 bits per heavy atom. The Balaban J connectivity index is 3.91. The van der Waals surface area contributed by atoms with E-state index in [2.05, 4.69) is 5.32 Å². The van der Waals surface area contributed by atoms with E-state index in [1.54, 1.807) is 20.8 Å². The summed E-state index contributed by atoms with van der Waals surface area (Å²) in [6.07, 6.45) is 0.925. The van der Waals surface area contributed by atoms with Crippen molar-refractivity contribution in [2.24, 2.45) is 0 Å². The number of halogens is 1. The van der Waals surface area contributed by atoms with Crippen LogP contribution in [0.5, 0.6) is 0 Å². The molecule has 1 atom stereocenters. The Hall–Kier alpha value is -0.800. The van der Waals surface area contributed by atoms with E-state index in [0.717, 1.165) is 6.42 Å². The highest BCUT2D eigenvalue weighted by Gasteiger charge is 2.18. The molecule has 1 N–H and O–H groups in total. The van der Waals surface area contributed by atoms with E-state index in [1.807, 2.05) is 6.92 Å². The van der Waals surface area contributed by atoms with E-state index in [4.69, 9.17) is 4.74 Å². The highest BCUT2D eigenvalue weighted by molar-refractivity contribution is 5.68. The SMILES string of the molecule is CCCC(CF)NC(=O)OC(C)(C)C. The van der Waals surface area contributed by atoms with Crippen LogP contribution < -0.4 is 5.32 Å². The molecule has 14 heavy (non-hydrogen) atoms. The van der Waals surface area contributed by atoms with Gasteiger partial charge >= 0.3 is 6.09 Å². The Kier molecular flexibility index (Phi) is 5.50. The van der Waals surface area contributed by atoms with E-state index >= 15 is 0 Å². The molecule has 0 radical (unpaired) electrons. The molecule has 0 aliphatic carbocycles. The van der Waals surface area contributed by atoms with Gasteiger partial charge < -0.3 is 10.1 Å². The molecule has 1 unspecified atom stereocenters. The van der Waals surface area contributed by atoms with Crippen LogP contribution in [-0.2, 0) is 4.74 Å². The van der Waals surface area contributed by atoms with Crippen LogP contribution >= 0.6 is 0 Å². The van der Waals surface area contributed by atoms with Crippen molar-refractivity contribution < 1.29 is 13.9 Å². The number of carbonyl (C=O) groups is 1. The van der Waals surface area contributed by atoms with E-state index in [-0.39, 0.29) is 0 Å². The van der Waals surface area contributed by atoms with Gasteiger partial charge in [-0.25, -0.2) is 9.18 Å². The molecule has 0 rings (SSSR count). The number of amides is 1. The number of rotatable bonds is 4. The van der Waals surface area contributed by atoms with Gasteiger partial charge in [0.2, 0.25) is 0 Å².